The Hall–Kier alpha value is -4.88. The molecule has 0 saturated carbocycles. The van der Waals surface area contributed by atoms with Crippen molar-refractivity contribution in [1.29, 1.82) is 0 Å². The zero-order valence-corrected chi connectivity index (χ0v) is 20.0. The van der Waals surface area contributed by atoms with E-state index >= 15 is 0 Å². The number of imidazole rings is 1. The first-order valence-electron chi connectivity index (χ1n) is 11.3. The fourth-order valence-electron chi connectivity index (χ4n) is 4.15. The smallest absolute Gasteiger partial charge is 0.417 e. The first kappa shape index (κ1) is 25.8. The minimum Gasteiger partial charge on any atom is -0.497 e. The van der Waals surface area contributed by atoms with E-state index in [1.807, 2.05) is 0 Å². The maximum absolute atomic E-state index is 14.2. The van der Waals surface area contributed by atoms with E-state index < -0.39 is 39.7 Å². The van der Waals surface area contributed by atoms with Gasteiger partial charge in [-0.1, -0.05) is 6.07 Å². The topological polar surface area (TPSA) is 110 Å². The minimum atomic E-state index is -4.80. The summed E-state index contributed by atoms with van der Waals surface area (Å²) in [5.74, 6) is -2.79. The molecule has 5 rings (SSSR count). The molecule has 1 aliphatic rings. The normalized spacial score (nSPS) is 12.9. The van der Waals surface area contributed by atoms with Crippen LogP contribution in [0.2, 0.25) is 0 Å². The lowest BCUT2D eigenvalue weighted by molar-refractivity contribution is -0.388. The number of hydrogen-bond donors (Lipinski definition) is 1. The second-order valence-corrected chi connectivity index (χ2v) is 8.46. The number of H-pyrrole nitrogens is 1. The van der Waals surface area contributed by atoms with Gasteiger partial charge < -0.3 is 19.8 Å². The van der Waals surface area contributed by atoms with E-state index in [4.69, 9.17) is 4.74 Å². The summed E-state index contributed by atoms with van der Waals surface area (Å²) in [6.45, 7) is 0.0954. The summed E-state index contributed by atoms with van der Waals surface area (Å²) in [7, 11) is 1.21. The highest BCUT2D eigenvalue weighted by Crippen LogP contribution is 2.41. The molecule has 0 fully saturated rings. The van der Waals surface area contributed by atoms with Crippen LogP contribution in [0.1, 0.15) is 22.6 Å². The molecule has 3 heterocycles. The van der Waals surface area contributed by atoms with Crippen LogP contribution >= 0.6 is 0 Å². The zero-order chi connectivity index (χ0) is 27.9. The first-order chi connectivity index (χ1) is 18.5. The van der Waals surface area contributed by atoms with Crippen LogP contribution in [0, 0.1) is 21.7 Å². The average molecular weight is 544 g/mol. The summed E-state index contributed by atoms with van der Waals surface area (Å²) in [5, 5.41) is 17.5. The third-order valence-electron chi connectivity index (χ3n) is 5.97. The minimum absolute atomic E-state index is 0.0333. The predicted octanol–water partition coefficient (Wildman–Crippen LogP) is 5.70. The third kappa shape index (κ3) is 5.00. The van der Waals surface area contributed by atoms with Gasteiger partial charge in [-0.3, -0.25) is 5.01 Å². The van der Waals surface area contributed by atoms with Crippen LogP contribution in [0.3, 0.4) is 0 Å². The second kappa shape index (κ2) is 9.78. The van der Waals surface area contributed by atoms with Crippen LogP contribution in [-0.2, 0) is 19.3 Å². The highest BCUT2D eigenvalue weighted by molar-refractivity contribution is 5.81. The maximum atomic E-state index is 14.2. The Kier molecular flexibility index (Phi) is 6.46. The molecule has 1 aliphatic heterocycles. The Labute approximate surface area is 216 Å². The molecular weight excluding hydrogens is 527 g/mol. The summed E-state index contributed by atoms with van der Waals surface area (Å²) >= 11 is 0. The first-order valence-corrected chi connectivity index (χ1v) is 11.3. The second-order valence-electron chi connectivity index (χ2n) is 8.46. The van der Waals surface area contributed by atoms with Gasteiger partial charge in [0.05, 0.1) is 42.3 Å². The van der Waals surface area contributed by atoms with Gasteiger partial charge >= 0.3 is 12.0 Å². The van der Waals surface area contributed by atoms with Gasteiger partial charge in [-0.25, -0.2) is 13.8 Å². The monoisotopic (exact) mass is 544 g/mol. The number of aromatic amines is 1. The number of aromatic nitrogens is 3. The van der Waals surface area contributed by atoms with Gasteiger partial charge in [0, 0.05) is 5.56 Å². The van der Waals surface area contributed by atoms with Crippen LogP contribution in [0.5, 0.6) is 5.75 Å². The molecule has 14 heteroatoms. The highest BCUT2D eigenvalue weighted by atomic mass is 19.4. The molecule has 4 aromatic rings. The number of ether oxygens (including phenoxy) is 1. The van der Waals surface area contributed by atoms with Crippen molar-refractivity contribution < 1.29 is 31.6 Å². The number of nitrogens with zero attached hydrogens (tertiary/aromatic N) is 5. The number of fused-ring (bicyclic) bond motifs is 1. The molecule has 9 nitrogen and oxygen atoms in total. The van der Waals surface area contributed by atoms with Crippen LogP contribution < -0.4 is 4.74 Å². The predicted molar refractivity (Wildman–Crippen MR) is 129 cm³/mol. The summed E-state index contributed by atoms with van der Waals surface area (Å²) < 4.78 is 73.9. The number of pyridine rings is 1. The lowest BCUT2D eigenvalue weighted by Gasteiger charge is -2.20. The summed E-state index contributed by atoms with van der Waals surface area (Å²) in [6.07, 6.45) is -3.42. The molecule has 0 spiro atoms. The quantitative estimate of drug-likeness (QED) is 0.189. The summed E-state index contributed by atoms with van der Waals surface area (Å²) in [4.78, 5) is 22.1. The van der Waals surface area contributed by atoms with Crippen LogP contribution in [0.25, 0.3) is 22.5 Å². The number of benzene rings is 2. The molecule has 0 amide bonds. The van der Waals surface area contributed by atoms with Gasteiger partial charge in [0.25, 0.3) is 0 Å². The van der Waals surface area contributed by atoms with E-state index in [2.05, 4.69) is 20.1 Å². The number of nitro groups is 1. The van der Waals surface area contributed by atoms with Gasteiger partial charge in [-0.05, 0) is 52.4 Å². The molecule has 0 unspecified atom stereocenters. The van der Waals surface area contributed by atoms with E-state index in [-0.39, 0.29) is 41.5 Å². The number of rotatable bonds is 6. The van der Waals surface area contributed by atoms with Gasteiger partial charge in [0.2, 0.25) is 0 Å². The SMILES string of the molecule is COc1ccc(-c2ccc(CN3Cc4[nH]c(-c5cccc(F)c5F)nc4C=N3)nc2[N+](=O)[O-])c(C(F)(F)F)c1. The van der Waals surface area contributed by atoms with Crippen molar-refractivity contribution in [2.24, 2.45) is 5.10 Å². The molecule has 0 aliphatic carbocycles. The van der Waals surface area contributed by atoms with Crippen molar-refractivity contribution in [2.45, 2.75) is 19.3 Å². The fourth-order valence-corrected chi connectivity index (χ4v) is 4.15. The maximum Gasteiger partial charge on any atom is 0.417 e. The molecule has 200 valence electrons. The van der Waals surface area contributed by atoms with Crippen molar-refractivity contribution in [1.82, 2.24) is 20.0 Å². The van der Waals surface area contributed by atoms with Gasteiger partial charge in [-0.2, -0.15) is 18.3 Å². The van der Waals surface area contributed by atoms with Crippen molar-refractivity contribution in [3.05, 3.63) is 92.9 Å². The zero-order valence-electron chi connectivity index (χ0n) is 20.0. The van der Waals surface area contributed by atoms with E-state index in [0.29, 0.717) is 11.4 Å². The van der Waals surface area contributed by atoms with E-state index in [0.717, 1.165) is 18.2 Å². The molecule has 1 N–H and O–H groups in total. The van der Waals surface area contributed by atoms with Crippen molar-refractivity contribution in [3.8, 4) is 28.3 Å². The van der Waals surface area contributed by atoms with Crippen LogP contribution in [0.15, 0.2) is 53.6 Å². The molecule has 2 aromatic heterocycles. The number of halogens is 5. The van der Waals surface area contributed by atoms with Crippen molar-refractivity contribution in [3.63, 3.8) is 0 Å². The van der Waals surface area contributed by atoms with Gasteiger partial charge in [0.15, 0.2) is 17.3 Å². The Bertz CT molecular complexity index is 1620. The van der Waals surface area contributed by atoms with Gasteiger partial charge in [0.1, 0.15) is 23.8 Å². The largest absolute Gasteiger partial charge is 0.497 e. The number of methoxy groups -OCH3 is 1. The fraction of sp³-hybridized carbons (Fsp3) is 0.160. The Morgan fingerprint density at radius 1 is 1.08 bits per heavy atom. The number of hydrogen-bond acceptors (Lipinski definition) is 7. The highest BCUT2D eigenvalue weighted by Gasteiger charge is 2.36. The molecule has 2 aromatic carbocycles. The standard InChI is InChI=1S/C25H17F5N6O3/c1-39-14-6-8-15(18(9-14)25(28,29)30)16-7-5-13(32-24(16)36(37)38)11-35-12-21-20(10-31-35)33-23(34-21)17-3-2-4-19(26)22(17)27/h2-10H,11-12H2,1H3,(H,33,34). The van der Waals surface area contributed by atoms with Crippen molar-refractivity contribution in [2.75, 3.05) is 7.11 Å². The number of hydrazone groups is 1. The third-order valence-corrected chi connectivity index (χ3v) is 5.97. The molecule has 39 heavy (non-hydrogen) atoms. The molecule has 0 radical (unpaired) electrons. The van der Waals surface area contributed by atoms with E-state index in [1.54, 1.807) is 0 Å². The lowest BCUT2D eigenvalue weighted by Crippen LogP contribution is -2.22. The molecule has 0 bridgehead atoms. The van der Waals surface area contributed by atoms with E-state index in [9.17, 15) is 32.1 Å². The number of nitrogens with one attached hydrogen (secondary N) is 1. The van der Waals surface area contributed by atoms with Gasteiger partial charge in [-0.15, -0.1) is 0 Å². The van der Waals surface area contributed by atoms with Crippen LogP contribution in [0.4, 0.5) is 27.8 Å². The molecule has 0 atom stereocenters. The summed E-state index contributed by atoms with van der Waals surface area (Å²) in [6, 6.07) is 9.42. The molecular formula is C25H17F5N6O3. The van der Waals surface area contributed by atoms with Crippen molar-refractivity contribution >= 4 is 12.0 Å². The Morgan fingerprint density at radius 2 is 1.85 bits per heavy atom. The number of alkyl halides is 3. The summed E-state index contributed by atoms with van der Waals surface area (Å²) in [5.41, 5.74) is -0.778. The lowest BCUT2D eigenvalue weighted by atomic mass is 9.99. The Balaban J connectivity index is 1.42. The van der Waals surface area contributed by atoms with E-state index in [1.165, 1.54) is 48.7 Å². The Morgan fingerprint density at radius 3 is 2.56 bits per heavy atom. The molecule has 0 saturated heterocycles. The van der Waals surface area contributed by atoms with Crippen LogP contribution in [-0.4, -0.2) is 38.2 Å². The average Bonchev–Trinajstić information content (AvgIpc) is 3.32.